The van der Waals surface area contributed by atoms with Crippen LogP contribution in [0.5, 0.6) is 5.75 Å². The monoisotopic (exact) mass is 329 g/mol. The van der Waals surface area contributed by atoms with Crippen LogP contribution in [0.4, 0.5) is 5.69 Å². The van der Waals surface area contributed by atoms with Crippen LogP contribution in [0, 0.1) is 6.92 Å². The van der Waals surface area contributed by atoms with Gasteiger partial charge in [0.05, 0.1) is 27.5 Å². The molecule has 20 heavy (non-hydrogen) atoms. The lowest BCUT2D eigenvalue weighted by molar-refractivity contribution is 0.471. The number of halogens is 1. The topological polar surface area (TPSA) is 61.3 Å². The summed E-state index contributed by atoms with van der Waals surface area (Å²) in [6, 6.07) is 9.48. The molecule has 0 amide bonds. The number of phenols is 1. The maximum atomic E-state index is 9.98. The number of aromatic amines is 1. The van der Waals surface area contributed by atoms with Gasteiger partial charge >= 0.3 is 0 Å². The Morgan fingerprint density at radius 3 is 3.00 bits per heavy atom. The van der Waals surface area contributed by atoms with Crippen molar-refractivity contribution >= 4 is 38.9 Å². The fraction of sp³-hybridized carbons (Fsp3) is 0.0667. The van der Waals surface area contributed by atoms with E-state index in [0.29, 0.717) is 10.0 Å². The Bertz CT molecular complexity index is 808. The Kier molecular flexibility index (Phi) is 3.28. The Labute approximate surface area is 124 Å². The number of fused-ring (bicyclic) bond motifs is 1. The van der Waals surface area contributed by atoms with Crippen LogP contribution in [0.3, 0.4) is 0 Å². The van der Waals surface area contributed by atoms with Crippen LogP contribution in [0.25, 0.3) is 11.0 Å². The van der Waals surface area contributed by atoms with Crippen LogP contribution in [0.2, 0.25) is 0 Å². The lowest BCUT2D eigenvalue weighted by Gasteiger charge is -2.03. The molecule has 0 fully saturated rings. The molecular formula is C15H12BrN3O. The van der Waals surface area contributed by atoms with Gasteiger partial charge in [0.15, 0.2) is 0 Å². The van der Waals surface area contributed by atoms with E-state index in [1.165, 1.54) is 0 Å². The summed E-state index contributed by atoms with van der Waals surface area (Å²) < 4.78 is 0.668. The van der Waals surface area contributed by atoms with Gasteiger partial charge in [-0.1, -0.05) is 0 Å². The number of aromatic nitrogens is 2. The molecule has 3 aromatic rings. The molecule has 0 spiro atoms. The lowest BCUT2D eigenvalue weighted by Crippen LogP contribution is -1.86. The highest BCUT2D eigenvalue weighted by Crippen LogP contribution is 2.28. The standard InChI is InChI=1S/C15H12BrN3O/c1-9-4-10(15(20)12(16)5-9)7-17-11-2-3-13-14(6-11)19-8-18-13/h2-8,20H,1H3,(H,18,19)/b17-7+. The molecule has 1 heterocycles. The van der Waals surface area contributed by atoms with Gasteiger partial charge in [-0.05, 0) is 58.7 Å². The van der Waals surface area contributed by atoms with Crippen molar-refractivity contribution in [3.8, 4) is 5.75 Å². The van der Waals surface area contributed by atoms with Crippen molar-refractivity contribution in [1.29, 1.82) is 0 Å². The predicted molar refractivity (Wildman–Crippen MR) is 83.9 cm³/mol. The van der Waals surface area contributed by atoms with Crippen LogP contribution in [-0.2, 0) is 0 Å². The summed E-state index contributed by atoms with van der Waals surface area (Å²) in [6.07, 6.45) is 3.31. The SMILES string of the molecule is Cc1cc(Br)c(O)c(/C=N/c2ccc3[nH]cnc3c2)c1. The number of nitrogens with one attached hydrogen (secondary N) is 1. The van der Waals surface area contributed by atoms with Gasteiger partial charge in [0, 0.05) is 11.8 Å². The summed E-state index contributed by atoms with van der Waals surface area (Å²) in [5, 5.41) is 9.98. The zero-order valence-corrected chi connectivity index (χ0v) is 12.3. The first-order valence-corrected chi connectivity index (χ1v) is 6.89. The molecular weight excluding hydrogens is 318 g/mol. The molecule has 0 saturated heterocycles. The molecule has 5 heteroatoms. The summed E-state index contributed by atoms with van der Waals surface area (Å²) in [4.78, 5) is 11.6. The van der Waals surface area contributed by atoms with Crippen LogP contribution in [0.1, 0.15) is 11.1 Å². The highest BCUT2D eigenvalue weighted by molar-refractivity contribution is 9.10. The Hall–Kier alpha value is -2.14. The third-order valence-electron chi connectivity index (χ3n) is 2.99. The molecule has 4 nitrogen and oxygen atoms in total. The molecule has 2 N–H and O–H groups in total. The zero-order valence-electron chi connectivity index (χ0n) is 10.8. The number of nitrogens with zero attached hydrogens (tertiary/aromatic N) is 2. The summed E-state index contributed by atoms with van der Waals surface area (Å²) in [7, 11) is 0. The van der Waals surface area contributed by atoms with Gasteiger partial charge in [-0.2, -0.15) is 0 Å². The lowest BCUT2D eigenvalue weighted by atomic mass is 10.1. The highest BCUT2D eigenvalue weighted by atomic mass is 79.9. The van der Waals surface area contributed by atoms with Gasteiger partial charge in [0.25, 0.3) is 0 Å². The van der Waals surface area contributed by atoms with Gasteiger partial charge in [-0.15, -0.1) is 0 Å². The first-order chi connectivity index (χ1) is 9.63. The first-order valence-electron chi connectivity index (χ1n) is 6.10. The molecule has 1 aromatic heterocycles. The van der Waals surface area contributed by atoms with Gasteiger partial charge < -0.3 is 10.1 Å². The van der Waals surface area contributed by atoms with E-state index >= 15 is 0 Å². The van der Waals surface area contributed by atoms with E-state index in [4.69, 9.17) is 0 Å². The summed E-state index contributed by atoms with van der Waals surface area (Å²) in [6.45, 7) is 1.97. The van der Waals surface area contributed by atoms with Crippen molar-refractivity contribution < 1.29 is 5.11 Å². The van der Waals surface area contributed by atoms with Gasteiger partial charge in [0.1, 0.15) is 5.75 Å². The summed E-state index contributed by atoms with van der Waals surface area (Å²) in [5.41, 5.74) is 4.37. The van der Waals surface area contributed by atoms with Crippen molar-refractivity contribution in [2.24, 2.45) is 4.99 Å². The van der Waals surface area contributed by atoms with Crippen molar-refractivity contribution in [3.63, 3.8) is 0 Å². The molecule has 100 valence electrons. The average molecular weight is 330 g/mol. The average Bonchev–Trinajstić information content (AvgIpc) is 2.88. The number of phenolic OH excluding ortho intramolecular Hbond substituents is 1. The maximum absolute atomic E-state index is 9.98. The molecule has 0 aliphatic carbocycles. The number of aromatic hydroxyl groups is 1. The highest BCUT2D eigenvalue weighted by Gasteiger charge is 2.04. The van der Waals surface area contributed by atoms with E-state index in [1.807, 2.05) is 37.3 Å². The molecule has 0 unspecified atom stereocenters. The number of hydrogen-bond acceptors (Lipinski definition) is 3. The molecule has 0 aliphatic rings. The number of rotatable bonds is 2. The van der Waals surface area contributed by atoms with Crippen molar-refractivity contribution in [1.82, 2.24) is 9.97 Å². The van der Waals surface area contributed by atoms with E-state index in [2.05, 4.69) is 30.9 Å². The Morgan fingerprint density at radius 2 is 2.15 bits per heavy atom. The normalized spacial score (nSPS) is 11.5. The molecule has 0 atom stereocenters. The van der Waals surface area contributed by atoms with E-state index < -0.39 is 0 Å². The quantitative estimate of drug-likeness (QED) is 0.695. The van der Waals surface area contributed by atoms with Gasteiger partial charge in [-0.3, -0.25) is 4.99 Å². The molecule has 0 saturated carbocycles. The smallest absolute Gasteiger partial charge is 0.138 e. The number of benzene rings is 2. The van der Waals surface area contributed by atoms with Gasteiger partial charge in [-0.25, -0.2) is 4.98 Å². The minimum Gasteiger partial charge on any atom is -0.506 e. The van der Waals surface area contributed by atoms with Crippen molar-refractivity contribution in [3.05, 3.63) is 52.3 Å². The molecule has 2 aromatic carbocycles. The number of H-pyrrole nitrogens is 1. The third-order valence-corrected chi connectivity index (χ3v) is 3.60. The molecule has 0 bridgehead atoms. The number of imidazole rings is 1. The van der Waals surface area contributed by atoms with Crippen LogP contribution < -0.4 is 0 Å². The number of aliphatic imine (C=N–C) groups is 1. The molecule has 0 aliphatic heterocycles. The number of aryl methyl sites for hydroxylation is 1. The van der Waals surface area contributed by atoms with E-state index in [1.54, 1.807) is 12.5 Å². The first kappa shape index (κ1) is 12.9. The fourth-order valence-corrected chi connectivity index (χ4v) is 2.59. The second-order valence-electron chi connectivity index (χ2n) is 4.55. The fourth-order valence-electron chi connectivity index (χ4n) is 2.00. The zero-order chi connectivity index (χ0) is 14.1. The van der Waals surface area contributed by atoms with Crippen LogP contribution in [-0.4, -0.2) is 21.3 Å². The Morgan fingerprint density at radius 1 is 1.30 bits per heavy atom. The summed E-state index contributed by atoms with van der Waals surface area (Å²) >= 11 is 3.32. The Balaban J connectivity index is 1.97. The largest absolute Gasteiger partial charge is 0.506 e. The minimum atomic E-state index is 0.195. The third kappa shape index (κ3) is 2.44. The minimum absolute atomic E-state index is 0.195. The van der Waals surface area contributed by atoms with Crippen LogP contribution >= 0.6 is 15.9 Å². The number of hydrogen-bond donors (Lipinski definition) is 2. The van der Waals surface area contributed by atoms with Crippen LogP contribution in [0.15, 0.2) is 46.1 Å². The van der Waals surface area contributed by atoms with Crippen molar-refractivity contribution in [2.45, 2.75) is 6.92 Å². The van der Waals surface area contributed by atoms with E-state index in [-0.39, 0.29) is 5.75 Å². The molecule has 3 rings (SSSR count). The summed E-state index contributed by atoms with van der Waals surface area (Å²) in [5.74, 6) is 0.195. The predicted octanol–water partition coefficient (Wildman–Crippen LogP) is 4.09. The van der Waals surface area contributed by atoms with E-state index in [0.717, 1.165) is 22.3 Å². The molecule has 0 radical (unpaired) electrons. The van der Waals surface area contributed by atoms with Crippen molar-refractivity contribution in [2.75, 3.05) is 0 Å². The maximum Gasteiger partial charge on any atom is 0.138 e. The second-order valence-corrected chi connectivity index (χ2v) is 5.40. The van der Waals surface area contributed by atoms with Gasteiger partial charge in [0.2, 0.25) is 0 Å². The van der Waals surface area contributed by atoms with E-state index in [9.17, 15) is 5.11 Å². The second kappa shape index (κ2) is 5.09.